The minimum Gasteiger partial charge on any atom is -0.481 e. The van der Waals surface area contributed by atoms with E-state index in [4.69, 9.17) is 5.11 Å². The third-order valence-corrected chi connectivity index (χ3v) is 2.81. The number of rotatable bonds is 2. The zero-order valence-corrected chi connectivity index (χ0v) is 9.47. The van der Waals surface area contributed by atoms with Crippen molar-refractivity contribution in [1.29, 1.82) is 0 Å². The molecule has 1 aromatic rings. The van der Waals surface area contributed by atoms with Gasteiger partial charge >= 0.3 is 5.97 Å². The number of aryl methyl sites for hydroxylation is 2. The summed E-state index contributed by atoms with van der Waals surface area (Å²) in [6.45, 7) is 5.07. The number of carbonyl (C=O) groups is 1. The molecule has 0 spiro atoms. The van der Waals surface area contributed by atoms with Crippen LogP contribution >= 0.6 is 0 Å². The highest BCUT2D eigenvalue weighted by Gasteiger charge is 2.28. The van der Waals surface area contributed by atoms with Crippen molar-refractivity contribution in [2.45, 2.75) is 20.3 Å². The van der Waals surface area contributed by atoms with Gasteiger partial charge < -0.3 is 10.0 Å². The summed E-state index contributed by atoms with van der Waals surface area (Å²) in [5.41, 5.74) is 0.918. The molecule has 0 radical (unpaired) electrons. The standard InChI is InChI=1S/C11H15N3O2/c1-7-5-10(13-8(2)12-7)14-4-3-9(6-14)11(15)16/h5,9H,3-4,6H2,1-2H3,(H,15,16). The van der Waals surface area contributed by atoms with E-state index in [0.29, 0.717) is 13.0 Å². The first-order valence-corrected chi connectivity index (χ1v) is 5.36. The van der Waals surface area contributed by atoms with Gasteiger partial charge in [0.05, 0.1) is 5.92 Å². The maximum atomic E-state index is 10.9. The van der Waals surface area contributed by atoms with E-state index in [1.54, 1.807) is 0 Å². The maximum absolute atomic E-state index is 10.9. The second-order valence-electron chi connectivity index (χ2n) is 4.18. The molecule has 0 bridgehead atoms. The molecule has 86 valence electrons. The second-order valence-corrected chi connectivity index (χ2v) is 4.18. The van der Waals surface area contributed by atoms with E-state index in [-0.39, 0.29) is 5.92 Å². The number of carboxylic acid groups (broad SMARTS) is 1. The molecule has 1 N–H and O–H groups in total. The summed E-state index contributed by atoms with van der Waals surface area (Å²) in [6, 6.07) is 1.90. The Labute approximate surface area is 94.1 Å². The molecule has 0 aliphatic carbocycles. The third-order valence-electron chi connectivity index (χ3n) is 2.81. The van der Waals surface area contributed by atoms with Crippen LogP contribution < -0.4 is 4.90 Å². The number of carboxylic acids is 1. The first-order chi connectivity index (χ1) is 7.56. The molecule has 5 heteroatoms. The highest BCUT2D eigenvalue weighted by Crippen LogP contribution is 2.22. The molecule has 5 nitrogen and oxygen atoms in total. The van der Waals surface area contributed by atoms with Gasteiger partial charge in [0.25, 0.3) is 0 Å². The number of nitrogens with zero attached hydrogens (tertiary/aromatic N) is 3. The van der Waals surface area contributed by atoms with E-state index in [2.05, 4.69) is 9.97 Å². The van der Waals surface area contributed by atoms with Crippen LogP contribution in [0.25, 0.3) is 0 Å². The number of hydrogen-bond donors (Lipinski definition) is 1. The van der Waals surface area contributed by atoms with Crippen LogP contribution in [0.1, 0.15) is 17.9 Å². The fourth-order valence-corrected chi connectivity index (χ4v) is 2.03. The predicted molar refractivity (Wildman–Crippen MR) is 59.5 cm³/mol. The Morgan fingerprint density at radius 3 is 2.81 bits per heavy atom. The Hall–Kier alpha value is -1.65. The van der Waals surface area contributed by atoms with Gasteiger partial charge in [-0.05, 0) is 20.3 Å². The van der Waals surface area contributed by atoms with Gasteiger partial charge in [-0.25, -0.2) is 9.97 Å². The lowest BCUT2D eigenvalue weighted by Gasteiger charge is -2.17. The fourth-order valence-electron chi connectivity index (χ4n) is 2.03. The first-order valence-electron chi connectivity index (χ1n) is 5.36. The van der Waals surface area contributed by atoms with Crippen LogP contribution in [-0.4, -0.2) is 34.1 Å². The van der Waals surface area contributed by atoms with Crippen molar-refractivity contribution in [1.82, 2.24) is 9.97 Å². The molecule has 0 saturated carbocycles. The molecule has 1 fully saturated rings. The summed E-state index contributed by atoms with van der Waals surface area (Å²) >= 11 is 0. The molecule has 1 aliphatic heterocycles. The van der Waals surface area contributed by atoms with Crippen LogP contribution in [0.3, 0.4) is 0 Å². The van der Waals surface area contributed by atoms with Crippen LogP contribution in [0.5, 0.6) is 0 Å². The second kappa shape index (κ2) is 4.08. The van der Waals surface area contributed by atoms with E-state index in [1.807, 2.05) is 24.8 Å². The first kappa shape index (κ1) is 10.9. The minimum absolute atomic E-state index is 0.268. The van der Waals surface area contributed by atoms with Gasteiger partial charge in [-0.15, -0.1) is 0 Å². The largest absolute Gasteiger partial charge is 0.481 e. The van der Waals surface area contributed by atoms with Crippen LogP contribution in [-0.2, 0) is 4.79 Å². The Morgan fingerprint density at radius 2 is 2.25 bits per heavy atom. The summed E-state index contributed by atoms with van der Waals surface area (Å²) in [5, 5.41) is 8.93. The minimum atomic E-state index is -0.718. The molecule has 1 aromatic heterocycles. The quantitative estimate of drug-likeness (QED) is 0.807. The third kappa shape index (κ3) is 2.13. The Balaban J connectivity index is 2.17. The van der Waals surface area contributed by atoms with Gasteiger partial charge in [0.15, 0.2) is 0 Å². The zero-order chi connectivity index (χ0) is 11.7. The summed E-state index contributed by atoms with van der Waals surface area (Å²) in [7, 11) is 0. The molecule has 1 unspecified atom stereocenters. The average Bonchev–Trinajstić information content (AvgIpc) is 2.64. The maximum Gasteiger partial charge on any atom is 0.308 e. The SMILES string of the molecule is Cc1cc(N2CCC(C(=O)O)C2)nc(C)n1. The van der Waals surface area contributed by atoms with Crippen molar-refractivity contribution in [3.8, 4) is 0 Å². The Morgan fingerprint density at radius 1 is 1.50 bits per heavy atom. The molecular weight excluding hydrogens is 206 g/mol. The summed E-state index contributed by atoms with van der Waals surface area (Å²) < 4.78 is 0. The van der Waals surface area contributed by atoms with Crippen LogP contribution in [0.4, 0.5) is 5.82 Å². The zero-order valence-electron chi connectivity index (χ0n) is 9.47. The molecule has 16 heavy (non-hydrogen) atoms. The van der Waals surface area contributed by atoms with Gasteiger partial charge in [0.1, 0.15) is 11.6 Å². The molecule has 1 saturated heterocycles. The lowest BCUT2D eigenvalue weighted by atomic mass is 10.1. The molecular formula is C11H15N3O2. The van der Waals surface area contributed by atoms with E-state index in [1.165, 1.54) is 0 Å². The van der Waals surface area contributed by atoms with Gasteiger partial charge in [-0.3, -0.25) is 4.79 Å². The summed E-state index contributed by atoms with van der Waals surface area (Å²) in [5.74, 6) is 0.586. The number of aliphatic carboxylic acids is 1. The number of hydrogen-bond acceptors (Lipinski definition) is 4. The van der Waals surface area contributed by atoms with Gasteiger partial charge in [-0.1, -0.05) is 0 Å². The molecule has 1 aliphatic rings. The van der Waals surface area contributed by atoms with Crippen LogP contribution in [0, 0.1) is 19.8 Å². The van der Waals surface area contributed by atoms with Gasteiger partial charge in [0.2, 0.25) is 0 Å². The van der Waals surface area contributed by atoms with Crippen molar-refractivity contribution < 1.29 is 9.90 Å². The lowest BCUT2D eigenvalue weighted by Crippen LogP contribution is -2.23. The summed E-state index contributed by atoms with van der Waals surface area (Å²) in [6.07, 6.45) is 0.692. The Bertz CT molecular complexity index is 399. The van der Waals surface area contributed by atoms with Crippen molar-refractivity contribution in [2.75, 3.05) is 18.0 Å². The molecule has 2 heterocycles. The van der Waals surface area contributed by atoms with Gasteiger partial charge in [0, 0.05) is 24.8 Å². The molecule has 0 aromatic carbocycles. The van der Waals surface area contributed by atoms with Crippen molar-refractivity contribution in [2.24, 2.45) is 5.92 Å². The van der Waals surface area contributed by atoms with Crippen molar-refractivity contribution >= 4 is 11.8 Å². The molecule has 0 amide bonds. The monoisotopic (exact) mass is 221 g/mol. The average molecular weight is 221 g/mol. The van der Waals surface area contributed by atoms with E-state index < -0.39 is 5.97 Å². The molecule has 2 rings (SSSR count). The topological polar surface area (TPSA) is 66.3 Å². The Kier molecular flexibility index (Phi) is 2.77. The summed E-state index contributed by atoms with van der Waals surface area (Å²) in [4.78, 5) is 21.4. The van der Waals surface area contributed by atoms with Crippen molar-refractivity contribution in [3.05, 3.63) is 17.6 Å². The van der Waals surface area contributed by atoms with E-state index in [0.717, 1.165) is 23.9 Å². The lowest BCUT2D eigenvalue weighted by molar-refractivity contribution is -0.140. The smallest absolute Gasteiger partial charge is 0.308 e. The predicted octanol–water partition coefficient (Wildman–Crippen LogP) is 1.00. The fraction of sp³-hybridized carbons (Fsp3) is 0.545. The van der Waals surface area contributed by atoms with Gasteiger partial charge in [-0.2, -0.15) is 0 Å². The normalized spacial score (nSPS) is 20.1. The van der Waals surface area contributed by atoms with Crippen molar-refractivity contribution in [3.63, 3.8) is 0 Å². The van der Waals surface area contributed by atoms with Crippen LogP contribution in [0.15, 0.2) is 6.07 Å². The number of aromatic nitrogens is 2. The number of anilines is 1. The molecule has 1 atom stereocenters. The van der Waals surface area contributed by atoms with Crippen LogP contribution in [0.2, 0.25) is 0 Å². The van der Waals surface area contributed by atoms with E-state index in [9.17, 15) is 4.79 Å². The highest BCUT2D eigenvalue weighted by molar-refractivity contribution is 5.71. The highest BCUT2D eigenvalue weighted by atomic mass is 16.4. The van der Waals surface area contributed by atoms with E-state index >= 15 is 0 Å².